The number of esters is 2. The van der Waals surface area contributed by atoms with Crippen molar-refractivity contribution < 1.29 is 23.9 Å². The highest BCUT2D eigenvalue weighted by Gasteiger charge is 2.47. The van der Waals surface area contributed by atoms with E-state index >= 15 is 0 Å². The van der Waals surface area contributed by atoms with Crippen molar-refractivity contribution in [3.63, 3.8) is 0 Å². The van der Waals surface area contributed by atoms with Crippen LogP contribution in [0.5, 0.6) is 0 Å². The van der Waals surface area contributed by atoms with Gasteiger partial charge in [-0.2, -0.15) is 0 Å². The molecule has 4 rings (SSSR count). The molecule has 3 aliphatic rings. The number of ketones is 1. The molecule has 0 amide bonds. The molecule has 1 saturated carbocycles. The Kier molecular flexibility index (Phi) is 6.42. The van der Waals surface area contributed by atoms with Crippen molar-refractivity contribution in [3.05, 3.63) is 57.4 Å². The Morgan fingerprint density at radius 3 is 2.56 bits per heavy atom. The van der Waals surface area contributed by atoms with Gasteiger partial charge in [0.15, 0.2) is 5.78 Å². The zero-order valence-corrected chi connectivity index (χ0v) is 19.3. The monoisotopic (exact) mass is 457 g/mol. The fraction of sp³-hybridized carbons (Fsp3) is 0.480. The number of carbonyl (C=O) groups excluding carboxylic acids is 3. The SMILES string of the molecule is COC(=O)[C@@H]1C(=O)C2=C(C[C@H]1C)NC(C)=C(C(=O)OC1CCCC1)[C@@H]2c1cccc(Cl)c1. The maximum absolute atomic E-state index is 13.7. The normalized spacial score (nSPS) is 26.0. The quantitative estimate of drug-likeness (QED) is 0.531. The van der Waals surface area contributed by atoms with Crippen LogP contribution in [0, 0.1) is 11.8 Å². The van der Waals surface area contributed by atoms with E-state index in [1.807, 2.05) is 19.9 Å². The number of carbonyl (C=O) groups is 3. The largest absolute Gasteiger partial charge is 0.468 e. The second-order valence-corrected chi connectivity index (χ2v) is 9.34. The minimum atomic E-state index is -0.909. The first-order chi connectivity index (χ1) is 15.3. The van der Waals surface area contributed by atoms with Crippen LogP contribution < -0.4 is 5.32 Å². The molecule has 0 unspecified atom stereocenters. The molecule has 1 fully saturated rings. The Hall–Kier alpha value is -2.60. The van der Waals surface area contributed by atoms with Crippen molar-refractivity contribution in [1.29, 1.82) is 0 Å². The number of methoxy groups -OCH3 is 1. The number of allylic oxidation sites excluding steroid dienone is 3. The summed E-state index contributed by atoms with van der Waals surface area (Å²) in [5.41, 5.74) is 2.93. The van der Waals surface area contributed by atoms with E-state index in [-0.39, 0.29) is 17.8 Å². The third kappa shape index (κ3) is 4.08. The summed E-state index contributed by atoms with van der Waals surface area (Å²) in [4.78, 5) is 39.5. The predicted octanol–water partition coefficient (Wildman–Crippen LogP) is 4.44. The first-order valence-corrected chi connectivity index (χ1v) is 11.5. The fourth-order valence-electron chi connectivity index (χ4n) is 5.19. The van der Waals surface area contributed by atoms with Crippen molar-refractivity contribution in [2.75, 3.05) is 7.11 Å². The maximum Gasteiger partial charge on any atom is 0.337 e. The van der Waals surface area contributed by atoms with E-state index in [4.69, 9.17) is 21.1 Å². The van der Waals surface area contributed by atoms with Crippen molar-refractivity contribution in [2.24, 2.45) is 11.8 Å². The van der Waals surface area contributed by atoms with E-state index in [2.05, 4.69) is 5.32 Å². The molecule has 0 bridgehead atoms. The van der Waals surface area contributed by atoms with Gasteiger partial charge in [0.1, 0.15) is 12.0 Å². The predicted molar refractivity (Wildman–Crippen MR) is 120 cm³/mol. The number of hydrogen-bond acceptors (Lipinski definition) is 6. The average molecular weight is 458 g/mol. The van der Waals surface area contributed by atoms with Gasteiger partial charge in [0, 0.05) is 27.9 Å². The third-order valence-corrected chi connectivity index (χ3v) is 6.96. The molecule has 0 aromatic heterocycles. The van der Waals surface area contributed by atoms with Crippen LogP contribution in [0.2, 0.25) is 5.02 Å². The molecule has 0 saturated heterocycles. The molecule has 1 aromatic rings. The molecule has 170 valence electrons. The Bertz CT molecular complexity index is 1020. The van der Waals surface area contributed by atoms with Crippen LogP contribution >= 0.6 is 11.6 Å². The number of halogens is 1. The lowest BCUT2D eigenvalue weighted by Crippen LogP contribution is -2.43. The van der Waals surface area contributed by atoms with E-state index < -0.39 is 23.8 Å². The summed E-state index contributed by atoms with van der Waals surface area (Å²) in [6.45, 7) is 3.69. The van der Waals surface area contributed by atoms with Crippen LogP contribution in [0.4, 0.5) is 0 Å². The van der Waals surface area contributed by atoms with Gasteiger partial charge in [0.05, 0.1) is 12.7 Å². The van der Waals surface area contributed by atoms with Crippen LogP contribution in [-0.4, -0.2) is 30.9 Å². The van der Waals surface area contributed by atoms with Crippen molar-refractivity contribution in [1.82, 2.24) is 5.32 Å². The summed E-state index contributed by atoms with van der Waals surface area (Å²) in [7, 11) is 1.29. The molecule has 1 heterocycles. The zero-order chi connectivity index (χ0) is 23.0. The lowest BCUT2D eigenvalue weighted by molar-refractivity contribution is -0.151. The van der Waals surface area contributed by atoms with Gasteiger partial charge < -0.3 is 14.8 Å². The summed E-state index contributed by atoms with van der Waals surface area (Å²) < 4.78 is 10.8. The van der Waals surface area contributed by atoms with E-state index in [0.29, 0.717) is 28.3 Å². The highest BCUT2D eigenvalue weighted by atomic mass is 35.5. The van der Waals surface area contributed by atoms with E-state index in [0.717, 1.165) is 36.9 Å². The van der Waals surface area contributed by atoms with E-state index in [1.54, 1.807) is 18.2 Å². The lowest BCUT2D eigenvalue weighted by Gasteiger charge is -2.38. The number of nitrogens with one attached hydrogen (secondary N) is 1. The smallest absolute Gasteiger partial charge is 0.337 e. The van der Waals surface area contributed by atoms with Crippen LogP contribution in [0.1, 0.15) is 57.4 Å². The molecular formula is C25H28ClNO5. The Morgan fingerprint density at radius 2 is 1.91 bits per heavy atom. The van der Waals surface area contributed by atoms with Crippen LogP contribution in [0.15, 0.2) is 46.8 Å². The summed E-state index contributed by atoms with van der Waals surface area (Å²) in [6, 6.07) is 7.15. The number of benzene rings is 1. The number of rotatable bonds is 4. The van der Waals surface area contributed by atoms with Crippen LogP contribution in [0.25, 0.3) is 0 Å². The van der Waals surface area contributed by atoms with Gasteiger partial charge in [-0.1, -0.05) is 30.7 Å². The Morgan fingerprint density at radius 1 is 1.19 bits per heavy atom. The Labute approximate surface area is 193 Å². The van der Waals surface area contributed by atoms with Gasteiger partial charge in [-0.25, -0.2) is 4.79 Å². The second kappa shape index (κ2) is 9.10. The summed E-state index contributed by atoms with van der Waals surface area (Å²) in [5, 5.41) is 3.78. The van der Waals surface area contributed by atoms with Crippen LogP contribution in [0.3, 0.4) is 0 Å². The summed E-state index contributed by atoms with van der Waals surface area (Å²) in [6.07, 6.45) is 4.17. The molecule has 7 heteroatoms. The minimum absolute atomic E-state index is 0.108. The van der Waals surface area contributed by atoms with Crippen molar-refractivity contribution >= 4 is 29.3 Å². The number of hydrogen-bond donors (Lipinski definition) is 1. The molecule has 32 heavy (non-hydrogen) atoms. The highest BCUT2D eigenvalue weighted by molar-refractivity contribution is 6.30. The summed E-state index contributed by atoms with van der Waals surface area (Å²) >= 11 is 6.28. The van der Waals surface area contributed by atoms with Gasteiger partial charge in [-0.3, -0.25) is 9.59 Å². The van der Waals surface area contributed by atoms with Gasteiger partial charge >= 0.3 is 11.9 Å². The molecule has 2 aliphatic carbocycles. The molecular weight excluding hydrogens is 430 g/mol. The topological polar surface area (TPSA) is 81.7 Å². The molecule has 3 atom stereocenters. The number of Topliss-reactive ketones (excluding diaryl/α,β-unsaturated/α-hetero) is 1. The average Bonchev–Trinajstić information content (AvgIpc) is 3.25. The Balaban J connectivity index is 1.81. The number of dihydropyridines is 1. The lowest BCUT2D eigenvalue weighted by atomic mass is 9.69. The zero-order valence-electron chi connectivity index (χ0n) is 18.6. The van der Waals surface area contributed by atoms with E-state index in [9.17, 15) is 14.4 Å². The van der Waals surface area contributed by atoms with Crippen molar-refractivity contribution in [2.45, 2.75) is 58.0 Å². The van der Waals surface area contributed by atoms with Crippen molar-refractivity contribution in [3.8, 4) is 0 Å². The fourth-order valence-corrected chi connectivity index (χ4v) is 5.39. The van der Waals surface area contributed by atoms with Gasteiger partial charge in [0.2, 0.25) is 0 Å². The van der Waals surface area contributed by atoms with Gasteiger partial charge in [-0.05, 0) is 62.6 Å². The first kappa shape index (κ1) is 22.6. The highest BCUT2D eigenvalue weighted by Crippen LogP contribution is 2.46. The standard InChI is InChI=1S/C25H28ClNO5/c1-13-11-18-22(23(28)19(13)24(29)31-3)21(15-7-6-8-16(26)12-15)20(14(2)27-18)25(30)32-17-9-4-5-10-17/h6-8,12-13,17,19,21,27H,4-5,9-11H2,1-3H3/t13-,19+,21+/m1/s1. The molecule has 0 radical (unpaired) electrons. The van der Waals surface area contributed by atoms with Crippen LogP contribution in [-0.2, 0) is 23.9 Å². The molecule has 1 aromatic carbocycles. The van der Waals surface area contributed by atoms with Gasteiger partial charge in [-0.15, -0.1) is 0 Å². The molecule has 6 nitrogen and oxygen atoms in total. The summed E-state index contributed by atoms with van der Waals surface area (Å²) in [5.74, 6) is -3.10. The molecule has 1 N–H and O–H groups in total. The first-order valence-electron chi connectivity index (χ1n) is 11.1. The third-order valence-electron chi connectivity index (χ3n) is 6.72. The second-order valence-electron chi connectivity index (χ2n) is 8.90. The van der Waals surface area contributed by atoms with E-state index in [1.165, 1.54) is 7.11 Å². The van der Waals surface area contributed by atoms with Gasteiger partial charge in [0.25, 0.3) is 0 Å². The molecule has 1 aliphatic heterocycles. The molecule has 0 spiro atoms. The number of ether oxygens (including phenoxy) is 2. The minimum Gasteiger partial charge on any atom is -0.468 e. The maximum atomic E-state index is 13.7.